The minimum absolute atomic E-state index is 0.927. The summed E-state index contributed by atoms with van der Waals surface area (Å²) in [6.45, 7) is 3.37. The number of hydrogen-bond donors (Lipinski definition) is 1. The molecule has 0 aromatic heterocycles. The zero-order chi connectivity index (χ0) is 11.7. The van der Waals surface area contributed by atoms with Gasteiger partial charge in [0.25, 0.3) is 0 Å². The molecule has 0 bridgehead atoms. The number of dihydropyridines is 1. The molecule has 1 N–H and O–H groups in total. The van der Waals surface area contributed by atoms with Gasteiger partial charge in [-0.1, -0.05) is 25.0 Å². The van der Waals surface area contributed by atoms with Crippen molar-refractivity contribution < 1.29 is 0 Å². The summed E-state index contributed by atoms with van der Waals surface area (Å²) in [5, 5.41) is 3.41. The normalized spacial score (nSPS) is 28.4. The van der Waals surface area contributed by atoms with Gasteiger partial charge in [0.05, 0.1) is 0 Å². The van der Waals surface area contributed by atoms with E-state index in [1.165, 1.54) is 44.9 Å². The summed E-state index contributed by atoms with van der Waals surface area (Å²) in [6, 6.07) is 0. The van der Waals surface area contributed by atoms with E-state index in [0.29, 0.717) is 0 Å². The molecule has 0 aromatic rings. The van der Waals surface area contributed by atoms with E-state index in [0.717, 1.165) is 12.5 Å². The fourth-order valence-electron chi connectivity index (χ4n) is 3.54. The largest absolute Gasteiger partial charge is 0.387 e. The molecule has 1 heteroatoms. The average molecular weight is 229 g/mol. The lowest BCUT2D eigenvalue weighted by Gasteiger charge is -2.28. The van der Waals surface area contributed by atoms with Crippen LogP contribution in [-0.4, -0.2) is 6.54 Å². The molecule has 17 heavy (non-hydrogen) atoms. The van der Waals surface area contributed by atoms with Crippen molar-refractivity contribution in [3.63, 3.8) is 0 Å². The zero-order valence-electron chi connectivity index (χ0n) is 10.9. The lowest BCUT2D eigenvalue weighted by Crippen LogP contribution is -2.17. The Kier molecular flexibility index (Phi) is 3.09. The van der Waals surface area contributed by atoms with Crippen molar-refractivity contribution in [2.45, 2.75) is 51.9 Å². The third-order valence-electron chi connectivity index (χ3n) is 4.66. The second-order valence-electron chi connectivity index (χ2n) is 5.65. The van der Waals surface area contributed by atoms with Gasteiger partial charge in [0.1, 0.15) is 0 Å². The van der Waals surface area contributed by atoms with Gasteiger partial charge in [-0.15, -0.1) is 0 Å². The molecule has 3 aliphatic rings. The van der Waals surface area contributed by atoms with Gasteiger partial charge in [-0.3, -0.25) is 0 Å². The smallest absolute Gasteiger partial charge is 0.0331 e. The van der Waals surface area contributed by atoms with E-state index in [1.54, 1.807) is 22.3 Å². The third kappa shape index (κ3) is 2.08. The van der Waals surface area contributed by atoms with E-state index in [9.17, 15) is 0 Å². The van der Waals surface area contributed by atoms with Crippen molar-refractivity contribution >= 4 is 0 Å². The maximum absolute atomic E-state index is 3.41. The highest BCUT2D eigenvalue weighted by molar-refractivity contribution is 5.52. The molecule has 3 rings (SSSR count). The van der Waals surface area contributed by atoms with Gasteiger partial charge in [-0.05, 0) is 61.2 Å². The Balaban J connectivity index is 1.96. The first kappa shape index (κ1) is 11.1. The standard InChI is InChI=1S/C16H23N/c1-2-12-6-7-13-4-3-5-14-8-9-17-11-16(14)15(13)10-12/h8,11-12,17H,2-7,9-10H2,1H3. The minimum atomic E-state index is 0.927. The first-order chi connectivity index (χ1) is 8.38. The van der Waals surface area contributed by atoms with E-state index in [-0.39, 0.29) is 0 Å². The Hall–Kier alpha value is -0.980. The predicted molar refractivity (Wildman–Crippen MR) is 72.7 cm³/mol. The summed E-state index contributed by atoms with van der Waals surface area (Å²) in [5.41, 5.74) is 6.65. The number of fused-ring (bicyclic) bond motifs is 2. The lowest BCUT2D eigenvalue weighted by molar-refractivity contribution is 0.439. The fourth-order valence-corrected chi connectivity index (χ4v) is 3.54. The summed E-state index contributed by atoms with van der Waals surface area (Å²) in [5.74, 6) is 0.927. The van der Waals surface area contributed by atoms with Crippen LogP contribution < -0.4 is 5.32 Å². The van der Waals surface area contributed by atoms with Gasteiger partial charge >= 0.3 is 0 Å². The second kappa shape index (κ2) is 4.72. The summed E-state index contributed by atoms with van der Waals surface area (Å²) in [7, 11) is 0. The molecule has 0 spiro atoms. The van der Waals surface area contributed by atoms with Crippen LogP contribution >= 0.6 is 0 Å². The summed E-state index contributed by atoms with van der Waals surface area (Å²) in [4.78, 5) is 0. The van der Waals surface area contributed by atoms with Crippen LogP contribution in [0.1, 0.15) is 51.9 Å². The Morgan fingerprint density at radius 2 is 2.24 bits per heavy atom. The summed E-state index contributed by atoms with van der Waals surface area (Å²) < 4.78 is 0. The number of hydrogen-bond acceptors (Lipinski definition) is 1. The van der Waals surface area contributed by atoms with Crippen molar-refractivity contribution in [2.24, 2.45) is 5.92 Å². The van der Waals surface area contributed by atoms with Gasteiger partial charge in [0.2, 0.25) is 0 Å². The zero-order valence-corrected chi connectivity index (χ0v) is 10.9. The molecular formula is C16H23N. The van der Waals surface area contributed by atoms with Crippen LogP contribution in [0.15, 0.2) is 34.6 Å². The monoisotopic (exact) mass is 229 g/mol. The van der Waals surface area contributed by atoms with Crippen molar-refractivity contribution in [2.75, 3.05) is 6.54 Å². The maximum atomic E-state index is 3.41. The SMILES string of the molecule is CCC1CCC2=C(C1)C1=CNCC=C1CCC2. The van der Waals surface area contributed by atoms with Gasteiger partial charge in [-0.25, -0.2) is 0 Å². The molecule has 0 aromatic carbocycles. The highest BCUT2D eigenvalue weighted by Gasteiger charge is 2.26. The lowest BCUT2D eigenvalue weighted by atomic mass is 9.78. The number of rotatable bonds is 1. The first-order valence-electron chi connectivity index (χ1n) is 7.22. The highest BCUT2D eigenvalue weighted by Crippen LogP contribution is 2.42. The second-order valence-corrected chi connectivity index (χ2v) is 5.65. The van der Waals surface area contributed by atoms with Crippen molar-refractivity contribution in [3.05, 3.63) is 34.6 Å². The van der Waals surface area contributed by atoms with Crippen LogP contribution in [0, 0.1) is 5.92 Å². The molecule has 0 radical (unpaired) electrons. The molecule has 0 fully saturated rings. The first-order valence-corrected chi connectivity index (χ1v) is 7.22. The Morgan fingerprint density at radius 1 is 1.29 bits per heavy atom. The van der Waals surface area contributed by atoms with Crippen molar-refractivity contribution in [1.29, 1.82) is 0 Å². The summed E-state index contributed by atoms with van der Waals surface area (Å²) >= 11 is 0. The molecular weight excluding hydrogens is 206 g/mol. The van der Waals surface area contributed by atoms with Crippen molar-refractivity contribution in [1.82, 2.24) is 5.32 Å². The highest BCUT2D eigenvalue weighted by atomic mass is 14.8. The molecule has 1 aliphatic heterocycles. The maximum Gasteiger partial charge on any atom is 0.0331 e. The van der Waals surface area contributed by atoms with E-state index < -0.39 is 0 Å². The molecule has 0 saturated carbocycles. The molecule has 92 valence electrons. The quantitative estimate of drug-likeness (QED) is 0.714. The van der Waals surface area contributed by atoms with Gasteiger partial charge < -0.3 is 5.32 Å². The van der Waals surface area contributed by atoms with E-state index in [2.05, 4.69) is 24.5 Å². The third-order valence-corrected chi connectivity index (χ3v) is 4.66. The molecule has 1 heterocycles. The van der Waals surface area contributed by atoms with Crippen LogP contribution in [0.2, 0.25) is 0 Å². The molecule has 1 nitrogen and oxygen atoms in total. The molecule has 1 unspecified atom stereocenters. The van der Waals surface area contributed by atoms with Crippen LogP contribution in [0.3, 0.4) is 0 Å². The van der Waals surface area contributed by atoms with E-state index >= 15 is 0 Å². The Morgan fingerprint density at radius 3 is 3.12 bits per heavy atom. The van der Waals surface area contributed by atoms with E-state index in [4.69, 9.17) is 0 Å². The molecule has 1 atom stereocenters. The van der Waals surface area contributed by atoms with Gasteiger partial charge in [0, 0.05) is 12.7 Å². The Bertz CT molecular complexity index is 398. The fraction of sp³-hybridized carbons (Fsp3) is 0.625. The minimum Gasteiger partial charge on any atom is -0.387 e. The van der Waals surface area contributed by atoms with Crippen LogP contribution in [0.5, 0.6) is 0 Å². The average Bonchev–Trinajstić information content (AvgIpc) is 2.57. The predicted octanol–water partition coefficient (Wildman–Crippen LogP) is 4.09. The van der Waals surface area contributed by atoms with Crippen LogP contribution in [-0.2, 0) is 0 Å². The van der Waals surface area contributed by atoms with Crippen LogP contribution in [0.4, 0.5) is 0 Å². The number of allylic oxidation sites excluding steroid dienone is 4. The van der Waals surface area contributed by atoms with Crippen molar-refractivity contribution in [3.8, 4) is 0 Å². The topological polar surface area (TPSA) is 12.0 Å². The molecule has 0 saturated heterocycles. The van der Waals surface area contributed by atoms with Crippen LogP contribution in [0.25, 0.3) is 0 Å². The molecule has 0 amide bonds. The molecule has 2 aliphatic carbocycles. The summed E-state index contributed by atoms with van der Waals surface area (Å²) in [6.07, 6.45) is 14.1. The van der Waals surface area contributed by atoms with E-state index in [1.807, 2.05) is 0 Å². The number of nitrogens with one attached hydrogen (secondary N) is 1. The van der Waals surface area contributed by atoms with Gasteiger partial charge in [-0.2, -0.15) is 0 Å². The Labute approximate surface area is 105 Å². The van der Waals surface area contributed by atoms with Gasteiger partial charge in [0.15, 0.2) is 0 Å².